The van der Waals surface area contributed by atoms with Gasteiger partial charge in [-0.05, 0) is 120 Å². The van der Waals surface area contributed by atoms with E-state index in [-0.39, 0.29) is 36.8 Å². The Labute approximate surface area is 437 Å². The summed E-state index contributed by atoms with van der Waals surface area (Å²) in [5.74, 6) is 2.18. The minimum Gasteiger partial charge on any atom is -0.399 e. The molecule has 14 heteroatoms. The maximum atomic E-state index is 13.3. The van der Waals surface area contributed by atoms with Crippen LogP contribution in [0.5, 0.6) is 0 Å². The van der Waals surface area contributed by atoms with Crippen molar-refractivity contribution in [1.82, 2.24) is 34.9 Å². The average Bonchev–Trinajstić information content (AvgIpc) is 3.96. The summed E-state index contributed by atoms with van der Waals surface area (Å²) in [6.07, 6.45) is 26.6. The van der Waals surface area contributed by atoms with Gasteiger partial charge in [0.15, 0.2) is 5.78 Å². The predicted octanol–water partition coefficient (Wildman–Crippen LogP) is 11.9. The molecule has 14 nitrogen and oxygen atoms in total. The zero-order valence-corrected chi connectivity index (χ0v) is 46.5. The van der Waals surface area contributed by atoms with Crippen LogP contribution in [-0.2, 0) is 32.2 Å². The molecular formula is C58H98N10O4. The third-order valence-electron chi connectivity index (χ3n) is 12.6. The number of aryl methyl sites for hydroxylation is 1. The van der Waals surface area contributed by atoms with Crippen molar-refractivity contribution in [2.45, 2.75) is 159 Å². The van der Waals surface area contributed by atoms with Crippen LogP contribution in [0, 0.1) is 23.7 Å². The number of ketones is 1. The number of pyridine rings is 2. The van der Waals surface area contributed by atoms with Gasteiger partial charge in [-0.2, -0.15) is 5.10 Å². The largest absolute Gasteiger partial charge is 0.399 e. The van der Waals surface area contributed by atoms with Crippen molar-refractivity contribution in [3.8, 4) is 0 Å². The zero-order valence-electron chi connectivity index (χ0n) is 46.5. The summed E-state index contributed by atoms with van der Waals surface area (Å²) >= 11 is 0. The van der Waals surface area contributed by atoms with Gasteiger partial charge in [0, 0.05) is 87.5 Å². The first-order valence-corrected chi connectivity index (χ1v) is 27.3. The van der Waals surface area contributed by atoms with Gasteiger partial charge in [-0.15, -0.1) is 0 Å². The van der Waals surface area contributed by atoms with Crippen molar-refractivity contribution < 1.29 is 20.6 Å². The number of allylic oxidation sites excluding steroid dienone is 5. The van der Waals surface area contributed by atoms with Gasteiger partial charge >= 0.3 is 0 Å². The quantitative estimate of drug-likeness (QED) is 0.0479. The molecule has 5 N–H and O–H groups in total. The lowest BCUT2D eigenvalue weighted by Crippen LogP contribution is -2.46. The minimum atomic E-state index is -0.0342. The molecule has 0 aliphatic carbocycles. The number of hydrogen-bond acceptors (Lipinski definition) is 11. The number of hydrogen-bond donors (Lipinski definition) is 3. The number of unbranched alkanes of at least 4 members (excludes halogenated alkanes) is 1. The third kappa shape index (κ3) is 23.3. The Hall–Kier alpha value is -5.63. The lowest BCUT2D eigenvalue weighted by molar-refractivity contribution is -0.139. The number of aromatic amines is 1. The Balaban J connectivity index is 0.00000121. The highest BCUT2D eigenvalue weighted by molar-refractivity contribution is 6.01. The number of nitrogen functional groups attached to an aromatic ring is 2. The smallest absolute Gasteiger partial charge is 0.225 e. The van der Waals surface area contributed by atoms with Crippen LogP contribution in [0.2, 0.25) is 0 Å². The number of rotatable bonds is 18. The standard InChI is InChI=1S/C27H39N3O2.C22H31N7O2.C3H8.3C2H6.H2/c1-4-6-8-10-21(3)26(31)23-15-18-30(19-16-23)27(32)24(12-7-5-2)13-9-11-22-14-17-29-25(28)20-22;1-31-27-21(19-13-25-26-14-19)17-5-10-29(11-6-17)22(30)18-3-8-28(9-4-18)15-16-2-7-24-20(23)12-16;1-3-2;3*1-2;/h4,6,8,10,14,17,20,23-24H,3,5,7,9,11-13,15-16,18-19H2,1-2H3,(H2,28,29);2,7,12-14,17-18H,3-6,8-11,15H2,1H3,(H2,23,24)(H,25,26);3H2,1-2H3;3*1-2H3;1H/b6-4-,10-8-;;;;;;. The molecule has 404 valence electrons. The van der Waals surface area contributed by atoms with Gasteiger partial charge in [0.1, 0.15) is 18.7 Å². The number of carbonyl (C=O) groups excluding carboxylic acids is 3. The number of oxime groups is 1. The number of piperidine rings is 3. The van der Waals surface area contributed by atoms with E-state index in [1.54, 1.807) is 31.8 Å². The molecule has 0 spiro atoms. The molecule has 3 aromatic heterocycles. The van der Waals surface area contributed by atoms with Crippen LogP contribution < -0.4 is 11.5 Å². The van der Waals surface area contributed by atoms with Crippen molar-refractivity contribution in [3.05, 3.63) is 102 Å². The number of aromatic nitrogens is 4. The third-order valence-corrected chi connectivity index (χ3v) is 12.6. The summed E-state index contributed by atoms with van der Waals surface area (Å²) in [7, 11) is 1.56. The Bertz CT molecular complexity index is 2020. The van der Waals surface area contributed by atoms with Gasteiger partial charge < -0.3 is 26.1 Å². The minimum absolute atomic E-state index is 0. The lowest BCUT2D eigenvalue weighted by atomic mass is 9.87. The highest BCUT2D eigenvalue weighted by Crippen LogP contribution is 2.28. The first-order chi connectivity index (χ1) is 35.0. The SMILES string of the molecule is C=C(/C=C\C=C/C)C(=O)C1CCN(C(=O)C(CCCC)CCCc2ccnc(N)c2)CC1.CC.CC.CC.CCC.CON=C(c1cn[nH]c1)C1CCN(C(=O)C2CCN(Cc3ccnc(N)c3)CC2)CC1.[HH]. The summed E-state index contributed by atoms with van der Waals surface area (Å²) in [6, 6.07) is 7.82. The Morgan fingerprint density at radius 1 is 0.806 bits per heavy atom. The van der Waals surface area contributed by atoms with Gasteiger partial charge in [-0.25, -0.2) is 9.97 Å². The molecule has 72 heavy (non-hydrogen) atoms. The number of carbonyl (C=O) groups is 3. The molecule has 3 fully saturated rings. The predicted molar refractivity (Wildman–Crippen MR) is 302 cm³/mol. The molecule has 3 saturated heterocycles. The monoisotopic (exact) mass is 999 g/mol. The van der Waals surface area contributed by atoms with E-state index in [1.165, 1.54) is 17.5 Å². The van der Waals surface area contributed by atoms with Crippen LogP contribution in [0.1, 0.15) is 164 Å². The summed E-state index contributed by atoms with van der Waals surface area (Å²) in [4.78, 5) is 58.6. The van der Waals surface area contributed by atoms with E-state index < -0.39 is 0 Å². The number of amides is 2. The van der Waals surface area contributed by atoms with E-state index in [9.17, 15) is 14.4 Å². The molecule has 0 aromatic carbocycles. The van der Waals surface area contributed by atoms with Gasteiger partial charge in [0.2, 0.25) is 11.8 Å². The van der Waals surface area contributed by atoms with Crippen LogP contribution in [0.3, 0.4) is 0 Å². The highest BCUT2D eigenvalue weighted by atomic mass is 16.6. The fourth-order valence-electron chi connectivity index (χ4n) is 8.96. The summed E-state index contributed by atoms with van der Waals surface area (Å²) in [5.41, 5.74) is 16.3. The van der Waals surface area contributed by atoms with Gasteiger partial charge in [-0.3, -0.25) is 24.4 Å². The molecule has 6 heterocycles. The molecule has 1 unspecified atom stereocenters. The average molecular weight is 999 g/mol. The van der Waals surface area contributed by atoms with E-state index in [1.807, 2.05) is 107 Å². The van der Waals surface area contributed by atoms with Crippen molar-refractivity contribution in [2.75, 3.05) is 57.8 Å². The zero-order chi connectivity index (χ0) is 53.7. The van der Waals surface area contributed by atoms with Crippen molar-refractivity contribution >= 4 is 34.9 Å². The van der Waals surface area contributed by atoms with Crippen molar-refractivity contribution in [3.63, 3.8) is 0 Å². The molecule has 1 atom stereocenters. The lowest BCUT2D eigenvalue weighted by Gasteiger charge is -2.37. The van der Waals surface area contributed by atoms with E-state index in [4.69, 9.17) is 16.3 Å². The molecule has 6 rings (SSSR count). The van der Waals surface area contributed by atoms with Crippen LogP contribution in [0.4, 0.5) is 11.6 Å². The molecule has 0 radical (unpaired) electrons. The number of nitrogens with one attached hydrogen (secondary N) is 1. The molecule has 0 saturated carbocycles. The highest BCUT2D eigenvalue weighted by Gasteiger charge is 2.33. The molecule has 0 bridgehead atoms. The summed E-state index contributed by atoms with van der Waals surface area (Å²) in [5, 5.41) is 11.1. The molecular weight excluding hydrogens is 901 g/mol. The van der Waals surface area contributed by atoms with Crippen LogP contribution >= 0.6 is 0 Å². The van der Waals surface area contributed by atoms with E-state index in [2.05, 4.69) is 57.6 Å². The molecule has 3 aliphatic rings. The summed E-state index contributed by atoms with van der Waals surface area (Å²) in [6.45, 7) is 29.8. The Morgan fingerprint density at radius 2 is 1.35 bits per heavy atom. The van der Waals surface area contributed by atoms with Crippen LogP contribution in [0.15, 0.2) is 90.7 Å². The number of H-pyrrole nitrogens is 1. The number of anilines is 2. The Morgan fingerprint density at radius 3 is 1.89 bits per heavy atom. The van der Waals surface area contributed by atoms with E-state index in [0.29, 0.717) is 36.2 Å². The second kappa shape index (κ2) is 39.0. The topological polar surface area (TPSA) is 189 Å². The fraction of sp³-hybridized carbons (Fsp3) is 0.603. The van der Waals surface area contributed by atoms with E-state index in [0.717, 1.165) is 121 Å². The first kappa shape index (κ1) is 64.4. The molecule has 2 amide bonds. The molecule has 3 aliphatic heterocycles. The maximum Gasteiger partial charge on any atom is 0.225 e. The second-order valence-electron chi connectivity index (χ2n) is 17.8. The maximum absolute atomic E-state index is 13.3. The Kier molecular flexibility index (Phi) is 34.8. The van der Waals surface area contributed by atoms with Crippen molar-refractivity contribution in [2.24, 2.45) is 28.8 Å². The van der Waals surface area contributed by atoms with Crippen LogP contribution in [0.25, 0.3) is 0 Å². The van der Waals surface area contributed by atoms with E-state index >= 15 is 0 Å². The summed E-state index contributed by atoms with van der Waals surface area (Å²) < 4.78 is 0. The second-order valence-corrected chi connectivity index (χ2v) is 17.8. The van der Waals surface area contributed by atoms with Gasteiger partial charge in [-0.1, -0.05) is 118 Å². The van der Waals surface area contributed by atoms with Gasteiger partial charge in [0.25, 0.3) is 0 Å². The normalized spacial score (nSPS) is 16.0. The van der Waals surface area contributed by atoms with Crippen molar-refractivity contribution in [1.29, 1.82) is 0 Å². The fourth-order valence-corrected chi connectivity index (χ4v) is 8.96. The number of nitrogens with zero attached hydrogens (tertiary/aromatic N) is 7. The number of Topliss-reactive ketones (excluding diaryl/α,β-unsaturated/α-hetero) is 1. The number of nitrogens with two attached hydrogens (primary N) is 2. The van der Waals surface area contributed by atoms with Gasteiger partial charge in [0.05, 0.1) is 11.9 Å². The number of likely N-dealkylation sites (tertiary alicyclic amines) is 3. The molecule has 3 aromatic rings. The van der Waals surface area contributed by atoms with Crippen LogP contribution in [-0.4, -0.2) is 105 Å². The first-order valence-electron chi connectivity index (χ1n) is 27.3.